The molecule has 0 saturated heterocycles. The van der Waals surface area contributed by atoms with Crippen molar-refractivity contribution in [3.8, 4) is 0 Å². The van der Waals surface area contributed by atoms with Crippen LogP contribution in [0.4, 0.5) is 10.5 Å². The molecule has 1 atom stereocenters. The Hall–Kier alpha value is -2.24. The molecule has 28 heavy (non-hydrogen) atoms. The van der Waals surface area contributed by atoms with Crippen LogP contribution in [0.15, 0.2) is 42.5 Å². The van der Waals surface area contributed by atoms with Crippen molar-refractivity contribution >= 4 is 40.8 Å². The van der Waals surface area contributed by atoms with E-state index in [0.717, 1.165) is 17.5 Å². The van der Waals surface area contributed by atoms with Crippen LogP contribution in [0.3, 0.4) is 0 Å². The van der Waals surface area contributed by atoms with Crippen molar-refractivity contribution in [2.75, 3.05) is 11.9 Å². The van der Waals surface area contributed by atoms with Crippen LogP contribution >= 0.6 is 23.2 Å². The molecule has 0 fully saturated rings. The molecule has 2 rings (SSSR count). The number of hydrogen-bond donors (Lipinski definition) is 3. The van der Waals surface area contributed by atoms with Crippen LogP contribution < -0.4 is 16.0 Å². The van der Waals surface area contributed by atoms with E-state index >= 15 is 0 Å². The van der Waals surface area contributed by atoms with Gasteiger partial charge in [-0.3, -0.25) is 4.79 Å². The highest BCUT2D eigenvalue weighted by atomic mass is 35.5. The molecule has 0 radical (unpaired) electrons. The third kappa shape index (κ3) is 7.06. The number of carbonyl (C=O) groups is 2. The number of halogens is 2. The maximum atomic E-state index is 12.5. The van der Waals surface area contributed by atoms with Gasteiger partial charge >= 0.3 is 6.03 Å². The Morgan fingerprint density at radius 3 is 2.43 bits per heavy atom. The summed E-state index contributed by atoms with van der Waals surface area (Å²) in [6.07, 6.45) is 1.90. The quantitative estimate of drug-likeness (QED) is 0.563. The van der Waals surface area contributed by atoms with E-state index in [9.17, 15) is 9.59 Å². The van der Waals surface area contributed by atoms with Crippen molar-refractivity contribution in [1.82, 2.24) is 10.6 Å². The molecule has 0 heterocycles. The molecule has 0 aliphatic heterocycles. The zero-order valence-electron chi connectivity index (χ0n) is 16.0. The van der Waals surface area contributed by atoms with E-state index < -0.39 is 12.1 Å². The van der Waals surface area contributed by atoms with E-state index in [1.54, 1.807) is 12.1 Å². The van der Waals surface area contributed by atoms with Gasteiger partial charge in [-0.1, -0.05) is 60.3 Å². The van der Waals surface area contributed by atoms with Crippen LogP contribution in [0.1, 0.15) is 30.9 Å². The molecule has 2 aromatic rings. The summed E-state index contributed by atoms with van der Waals surface area (Å²) < 4.78 is 0. The van der Waals surface area contributed by atoms with Gasteiger partial charge in [-0.15, -0.1) is 0 Å². The summed E-state index contributed by atoms with van der Waals surface area (Å²) >= 11 is 12.0. The first-order chi connectivity index (χ1) is 13.4. The fraction of sp³-hybridized carbons (Fsp3) is 0.333. The molecule has 0 saturated carbocycles. The molecule has 0 aliphatic rings. The molecule has 0 aromatic heterocycles. The summed E-state index contributed by atoms with van der Waals surface area (Å²) in [7, 11) is 0. The number of rotatable bonds is 8. The summed E-state index contributed by atoms with van der Waals surface area (Å²) in [5.41, 5.74) is 2.69. The number of carbonyl (C=O) groups excluding carboxylic acids is 2. The van der Waals surface area contributed by atoms with Crippen LogP contribution in [-0.4, -0.2) is 24.5 Å². The zero-order valence-corrected chi connectivity index (χ0v) is 17.5. The zero-order chi connectivity index (χ0) is 20.5. The molecule has 150 valence electrons. The van der Waals surface area contributed by atoms with Gasteiger partial charge in [0.05, 0.1) is 0 Å². The maximum absolute atomic E-state index is 12.5. The fourth-order valence-electron chi connectivity index (χ4n) is 2.69. The predicted molar refractivity (Wildman–Crippen MR) is 115 cm³/mol. The van der Waals surface area contributed by atoms with E-state index in [4.69, 9.17) is 23.2 Å². The third-order valence-corrected chi connectivity index (χ3v) is 4.80. The molecule has 1 unspecified atom stereocenters. The molecule has 5 nitrogen and oxygen atoms in total. The lowest BCUT2D eigenvalue weighted by atomic mass is 10.1. The minimum atomic E-state index is -0.601. The number of urea groups is 1. The SMILES string of the molecule is CCCC(NC(=O)Nc1ccc(C)cc1)C(=O)NCCc1ccc(Cl)cc1Cl. The van der Waals surface area contributed by atoms with Crippen LogP contribution in [0.2, 0.25) is 10.0 Å². The summed E-state index contributed by atoms with van der Waals surface area (Å²) in [6.45, 7) is 4.36. The first-order valence-corrected chi connectivity index (χ1v) is 10.0. The highest BCUT2D eigenvalue weighted by Crippen LogP contribution is 2.21. The summed E-state index contributed by atoms with van der Waals surface area (Å²) in [4.78, 5) is 24.7. The topological polar surface area (TPSA) is 70.2 Å². The fourth-order valence-corrected chi connectivity index (χ4v) is 3.19. The first kappa shape index (κ1) is 22.1. The van der Waals surface area contributed by atoms with Gasteiger partial charge in [0.2, 0.25) is 5.91 Å². The van der Waals surface area contributed by atoms with Gasteiger partial charge in [0.15, 0.2) is 0 Å². The number of aryl methyl sites for hydroxylation is 1. The number of benzene rings is 2. The Bertz CT molecular complexity index is 810. The van der Waals surface area contributed by atoms with E-state index in [1.165, 1.54) is 0 Å². The predicted octanol–water partition coefficient (Wildman–Crippen LogP) is 4.95. The summed E-state index contributed by atoms with van der Waals surface area (Å²) in [6, 6.07) is 11.7. The van der Waals surface area contributed by atoms with Gasteiger partial charge < -0.3 is 16.0 Å². The average molecular weight is 422 g/mol. The van der Waals surface area contributed by atoms with Crippen LogP contribution in [0.5, 0.6) is 0 Å². The van der Waals surface area contributed by atoms with E-state index in [2.05, 4.69) is 16.0 Å². The molecule has 3 amide bonds. The summed E-state index contributed by atoms with van der Waals surface area (Å²) in [5.74, 6) is -0.217. The van der Waals surface area contributed by atoms with E-state index in [0.29, 0.717) is 35.1 Å². The van der Waals surface area contributed by atoms with E-state index in [-0.39, 0.29) is 5.91 Å². The number of hydrogen-bond acceptors (Lipinski definition) is 2. The Morgan fingerprint density at radius 2 is 1.79 bits per heavy atom. The lowest BCUT2D eigenvalue weighted by Crippen LogP contribution is -2.48. The van der Waals surface area contributed by atoms with Crippen molar-refractivity contribution in [1.29, 1.82) is 0 Å². The number of amides is 3. The van der Waals surface area contributed by atoms with Crippen molar-refractivity contribution in [2.24, 2.45) is 0 Å². The van der Waals surface area contributed by atoms with Gasteiger partial charge in [-0.05, 0) is 49.6 Å². The molecule has 3 N–H and O–H groups in total. The Balaban J connectivity index is 1.86. The minimum Gasteiger partial charge on any atom is -0.354 e. The first-order valence-electron chi connectivity index (χ1n) is 9.25. The molecular formula is C21H25Cl2N3O2. The minimum absolute atomic E-state index is 0.217. The van der Waals surface area contributed by atoms with Crippen LogP contribution in [-0.2, 0) is 11.2 Å². The smallest absolute Gasteiger partial charge is 0.319 e. The number of nitrogens with one attached hydrogen (secondary N) is 3. The maximum Gasteiger partial charge on any atom is 0.319 e. The molecule has 2 aromatic carbocycles. The van der Waals surface area contributed by atoms with Gasteiger partial charge in [0, 0.05) is 22.3 Å². The van der Waals surface area contributed by atoms with Gasteiger partial charge in [-0.25, -0.2) is 4.79 Å². The molecule has 0 aliphatic carbocycles. The highest BCUT2D eigenvalue weighted by Gasteiger charge is 2.19. The average Bonchev–Trinajstić information content (AvgIpc) is 2.65. The lowest BCUT2D eigenvalue weighted by Gasteiger charge is -2.18. The second kappa shape index (κ2) is 10.9. The standard InChI is InChI=1S/C21H25Cl2N3O2/c1-3-4-19(26-21(28)25-17-9-5-14(2)6-10-17)20(27)24-12-11-15-7-8-16(22)13-18(15)23/h5-10,13,19H,3-4,11-12H2,1-2H3,(H,24,27)(H2,25,26,28). The number of anilines is 1. The Labute approximate surface area is 175 Å². The monoisotopic (exact) mass is 421 g/mol. The van der Waals surface area contributed by atoms with Crippen molar-refractivity contribution in [3.63, 3.8) is 0 Å². The lowest BCUT2D eigenvalue weighted by molar-refractivity contribution is -0.123. The second-order valence-electron chi connectivity index (χ2n) is 6.58. The van der Waals surface area contributed by atoms with Crippen molar-refractivity contribution < 1.29 is 9.59 Å². The molecule has 7 heteroatoms. The van der Waals surface area contributed by atoms with Crippen LogP contribution in [0, 0.1) is 6.92 Å². The van der Waals surface area contributed by atoms with Gasteiger partial charge in [0.1, 0.15) is 6.04 Å². The molecule has 0 spiro atoms. The molecule has 0 bridgehead atoms. The van der Waals surface area contributed by atoms with Gasteiger partial charge in [0.25, 0.3) is 0 Å². The van der Waals surface area contributed by atoms with Crippen LogP contribution in [0.25, 0.3) is 0 Å². The van der Waals surface area contributed by atoms with Crippen molar-refractivity contribution in [3.05, 3.63) is 63.6 Å². The molecular weight excluding hydrogens is 397 g/mol. The van der Waals surface area contributed by atoms with Crippen molar-refractivity contribution in [2.45, 2.75) is 39.2 Å². The van der Waals surface area contributed by atoms with Gasteiger partial charge in [-0.2, -0.15) is 0 Å². The summed E-state index contributed by atoms with van der Waals surface area (Å²) in [5, 5.41) is 9.50. The Morgan fingerprint density at radius 1 is 1.07 bits per heavy atom. The highest BCUT2D eigenvalue weighted by molar-refractivity contribution is 6.35. The van der Waals surface area contributed by atoms with E-state index in [1.807, 2.05) is 44.2 Å². The normalized spacial score (nSPS) is 11.6. The largest absolute Gasteiger partial charge is 0.354 e. The third-order valence-electron chi connectivity index (χ3n) is 4.22. The Kier molecular flexibility index (Phi) is 8.61. The second-order valence-corrected chi connectivity index (χ2v) is 7.43.